The Morgan fingerprint density at radius 2 is 1.20 bits per heavy atom. The number of benzene rings is 1. The average Bonchev–Trinajstić information content (AvgIpc) is 2.76. The van der Waals surface area contributed by atoms with Crippen molar-refractivity contribution in [2.45, 2.75) is 61.0 Å². The van der Waals surface area contributed by atoms with Crippen LogP contribution in [0.3, 0.4) is 0 Å². The van der Waals surface area contributed by atoms with Gasteiger partial charge in [-0.05, 0) is 17.7 Å². The SMILES string of the molecule is OC[C@H]1O[C@H](c2ccc(C#C[C@H]3O[C@H](CO)[C@@H](O)[C@H](O)[C@@H]3O)cc2)[C@H](O)[C@@H](O)[C@@H]1O. The lowest BCUT2D eigenvalue weighted by Crippen LogP contribution is -2.58. The minimum Gasteiger partial charge on any atom is -0.394 e. The molecule has 0 saturated carbocycles. The van der Waals surface area contributed by atoms with Crippen molar-refractivity contribution in [2.75, 3.05) is 13.2 Å². The third kappa shape index (κ3) is 4.51. The van der Waals surface area contributed by atoms with Crippen LogP contribution in [0, 0.1) is 11.8 Å². The molecule has 10 heteroatoms. The van der Waals surface area contributed by atoms with Crippen LogP contribution < -0.4 is 0 Å². The molecule has 0 bridgehead atoms. The fraction of sp³-hybridized carbons (Fsp3) is 0.600. The van der Waals surface area contributed by atoms with Gasteiger partial charge in [-0.1, -0.05) is 24.0 Å². The second-order valence-electron chi connectivity index (χ2n) is 7.39. The third-order valence-electron chi connectivity index (χ3n) is 5.38. The highest BCUT2D eigenvalue weighted by Gasteiger charge is 2.44. The standard InChI is InChI=1S/C20H26O10/c21-7-12-15(24)17(26)14(23)11(29-12)6-3-9-1-4-10(5-2-9)20-19(28)18(27)16(25)13(8-22)30-20/h1-2,4-5,11-28H,7-8H2/t11-,12-,13-,14-,15-,16-,17-,18+,19-,20-/m1/s1. The van der Waals surface area contributed by atoms with Crippen LogP contribution >= 0.6 is 0 Å². The van der Waals surface area contributed by atoms with Gasteiger partial charge in [-0.2, -0.15) is 0 Å². The molecule has 2 fully saturated rings. The van der Waals surface area contributed by atoms with Gasteiger partial charge in [0.05, 0.1) is 13.2 Å². The highest BCUT2D eigenvalue weighted by Crippen LogP contribution is 2.32. The van der Waals surface area contributed by atoms with E-state index in [-0.39, 0.29) is 0 Å². The molecular weight excluding hydrogens is 400 g/mol. The fourth-order valence-electron chi connectivity index (χ4n) is 3.51. The van der Waals surface area contributed by atoms with Gasteiger partial charge in [0.1, 0.15) is 61.0 Å². The molecule has 0 unspecified atom stereocenters. The number of hydrogen-bond acceptors (Lipinski definition) is 10. The molecule has 10 nitrogen and oxygen atoms in total. The molecule has 8 N–H and O–H groups in total. The van der Waals surface area contributed by atoms with Gasteiger partial charge in [0, 0.05) is 5.56 Å². The van der Waals surface area contributed by atoms with E-state index in [1.807, 2.05) is 0 Å². The van der Waals surface area contributed by atoms with E-state index in [0.717, 1.165) is 0 Å². The summed E-state index contributed by atoms with van der Waals surface area (Å²) in [6.45, 7) is -1.07. The summed E-state index contributed by atoms with van der Waals surface area (Å²) in [5, 5.41) is 78.0. The van der Waals surface area contributed by atoms with Gasteiger partial charge >= 0.3 is 0 Å². The number of aliphatic hydroxyl groups excluding tert-OH is 8. The Bertz CT molecular complexity index is 755. The van der Waals surface area contributed by atoms with Gasteiger partial charge in [0.25, 0.3) is 0 Å². The van der Waals surface area contributed by atoms with Gasteiger partial charge in [-0.3, -0.25) is 0 Å². The van der Waals surface area contributed by atoms with Crippen LogP contribution in [-0.4, -0.2) is 109 Å². The van der Waals surface area contributed by atoms with Crippen molar-refractivity contribution in [1.82, 2.24) is 0 Å². The molecule has 0 amide bonds. The molecule has 1 aromatic carbocycles. The molecule has 1 aromatic rings. The summed E-state index contributed by atoms with van der Waals surface area (Å²) in [7, 11) is 0. The van der Waals surface area contributed by atoms with Crippen molar-refractivity contribution >= 4 is 0 Å². The Labute approximate surface area is 172 Å². The van der Waals surface area contributed by atoms with Gasteiger partial charge in [0.15, 0.2) is 0 Å². The molecule has 30 heavy (non-hydrogen) atoms. The van der Waals surface area contributed by atoms with E-state index >= 15 is 0 Å². The summed E-state index contributed by atoms with van der Waals surface area (Å²) in [6.07, 6.45) is -12.9. The summed E-state index contributed by atoms with van der Waals surface area (Å²) >= 11 is 0. The Hall–Kier alpha value is -1.62. The smallest absolute Gasteiger partial charge is 0.147 e. The van der Waals surface area contributed by atoms with Crippen molar-refractivity contribution in [3.8, 4) is 11.8 Å². The van der Waals surface area contributed by atoms with Gasteiger partial charge < -0.3 is 50.3 Å². The maximum atomic E-state index is 10.2. The van der Waals surface area contributed by atoms with Gasteiger partial charge in [-0.25, -0.2) is 0 Å². The second-order valence-corrected chi connectivity index (χ2v) is 7.39. The van der Waals surface area contributed by atoms with E-state index in [1.54, 1.807) is 24.3 Å². The van der Waals surface area contributed by atoms with E-state index in [1.165, 1.54) is 0 Å². The largest absolute Gasteiger partial charge is 0.394 e. The van der Waals surface area contributed by atoms with Crippen LogP contribution in [0.5, 0.6) is 0 Å². The lowest BCUT2D eigenvalue weighted by atomic mass is 9.91. The third-order valence-corrected chi connectivity index (χ3v) is 5.38. The lowest BCUT2D eigenvalue weighted by molar-refractivity contribution is -0.231. The van der Waals surface area contributed by atoms with Crippen LogP contribution in [-0.2, 0) is 9.47 Å². The highest BCUT2D eigenvalue weighted by atomic mass is 16.5. The van der Waals surface area contributed by atoms with Crippen molar-refractivity contribution in [3.05, 3.63) is 35.4 Å². The van der Waals surface area contributed by atoms with Crippen molar-refractivity contribution in [2.24, 2.45) is 0 Å². The van der Waals surface area contributed by atoms with E-state index in [9.17, 15) is 40.9 Å². The normalized spacial score (nSPS) is 41.7. The second kappa shape index (κ2) is 9.67. The maximum Gasteiger partial charge on any atom is 0.147 e. The molecule has 2 heterocycles. The maximum absolute atomic E-state index is 10.2. The van der Waals surface area contributed by atoms with E-state index in [2.05, 4.69) is 11.8 Å². The predicted octanol–water partition coefficient (Wildman–Crippen LogP) is -3.60. The minimum atomic E-state index is -1.51. The van der Waals surface area contributed by atoms with Crippen molar-refractivity contribution < 1.29 is 50.3 Å². The number of aliphatic hydroxyl groups is 8. The summed E-state index contributed by atoms with van der Waals surface area (Å²) < 4.78 is 10.8. The van der Waals surface area contributed by atoms with Crippen LogP contribution in [0.1, 0.15) is 17.2 Å². The van der Waals surface area contributed by atoms with Gasteiger partial charge in [0.2, 0.25) is 0 Å². The Morgan fingerprint density at radius 3 is 1.77 bits per heavy atom. The molecule has 2 aliphatic rings. The van der Waals surface area contributed by atoms with Gasteiger partial charge in [-0.15, -0.1) is 0 Å². The summed E-state index contributed by atoms with van der Waals surface area (Å²) in [6, 6.07) is 6.36. The molecule has 3 rings (SSSR count). The molecule has 0 aliphatic carbocycles. The first kappa shape index (κ1) is 23.1. The molecule has 2 aliphatic heterocycles. The van der Waals surface area contributed by atoms with Crippen LogP contribution in [0.15, 0.2) is 24.3 Å². The minimum absolute atomic E-state index is 0.491. The molecule has 10 atom stereocenters. The van der Waals surface area contributed by atoms with Crippen LogP contribution in [0.2, 0.25) is 0 Å². The molecule has 0 spiro atoms. The highest BCUT2D eigenvalue weighted by molar-refractivity contribution is 5.38. The Balaban J connectivity index is 1.73. The van der Waals surface area contributed by atoms with Crippen LogP contribution in [0.4, 0.5) is 0 Å². The first-order valence-electron chi connectivity index (χ1n) is 9.51. The Morgan fingerprint density at radius 1 is 0.667 bits per heavy atom. The van der Waals surface area contributed by atoms with Crippen molar-refractivity contribution in [3.63, 3.8) is 0 Å². The first-order chi connectivity index (χ1) is 14.3. The molecular formula is C20H26O10. The Kier molecular flexibility index (Phi) is 7.43. The summed E-state index contributed by atoms with van der Waals surface area (Å²) in [5.41, 5.74) is 0.991. The van der Waals surface area contributed by atoms with E-state index in [0.29, 0.717) is 11.1 Å². The number of rotatable bonds is 3. The average molecular weight is 426 g/mol. The summed E-state index contributed by atoms with van der Waals surface area (Å²) in [5.74, 6) is 5.41. The quantitative estimate of drug-likeness (QED) is 0.225. The van der Waals surface area contributed by atoms with Crippen molar-refractivity contribution in [1.29, 1.82) is 0 Å². The topological polar surface area (TPSA) is 180 Å². The van der Waals surface area contributed by atoms with E-state index < -0.39 is 74.3 Å². The molecule has 0 aromatic heterocycles. The predicted molar refractivity (Wildman–Crippen MR) is 99.8 cm³/mol. The molecule has 0 radical (unpaired) electrons. The fourth-order valence-corrected chi connectivity index (χ4v) is 3.51. The lowest BCUT2D eigenvalue weighted by Gasteiger charge is -2.40. The molecule has 2 saturated heterocycles. The first-order valence-corrected chi connectivity index (χ1v) is 9.51. The summed E-state index contributed by atoms with van der Waals surface area (Å²) in [4.78, 5) is 0. The van der Waals surface area contributed by atoms with E-state index in [4.69, 9.17) is 9.47 Å². The zero-order valence-electron chi connectivity index (χ0n) is 15.9. The zero-order chi connectivity index (χ0) is 22.0. The monoisotopic (exact) mass is 426 g/mol. The number of hydrogen-bond donors (Lipinski definition) is 8. The number of ether oxygens (including phenoxy) is 2. The zero-order valence-corrected chi connectivity index (χ0v) is 15.9. The molecule has 166 valence electrons. The van der Waals surface area contributed by atoms with Crippen LogP contribution in [0.25, 0.3) is 0 Å².